The number of imidazole rings is 1. The fraction of sp³-hybridized carbons (Fsp3) is 0.538. The van der Waals surface area contributed by atoms with Crippen LogP contribution in [0.25, 0.3) is 11.2 Å². The molecule has 0 amide bonds. The smallest absolute Gasteiger partial charge is 0.324 e. The molecule has 1 fully saturated rings. The third kappa shape index (κ3) is 4.38. The van der Waals surface area contributed by atoms with Gasteiger partial charge in [0.2, 0.25) is 7.98 Å². The van der Waals surface area contributed by atoms with Crippen LogP contribution in [0.3, 0.4) is 0 Å². The molecular formula is C13H16BN6O4PS. The minimum absolute atomic E-state index is 0.0384. The molecule has 0 aliphatic carbocycles. The molecule has 1 saturated heterocycles. The molecule has 3 rings (SSSR count). The lowest BCUT2D eigenvalue weighted by Crippen LogP contribution is -2.16. The summed E-state index contributed by atoms with van der Waals surface area (Å²) in [5.74, 6) is 0.433. The fourth-order valence-electron chi connectivity index (χ4n) is 2.60. The van der Waals surface area contributed by atoms with Crippen LogP contribution in [0.2, 0.25) is 0 Å². The Labute approximate surface area is 156 Å². The largest absolute Gasteiger partial charge is 0.421 e. The quantitative estimate of drug-likeness (QED) is 0.383. The van der Waals surface area contributed by atoms with Crippen molar-refractivity contribution in [3.05, 3.63) is 12.7 Å². The normalized spacial score (nSPS) is 22.2. The van der Waals surface area contributed by atoms with Gasteiger partial charge in [0.15, 0.2) is 5.65 Å². The second kappa shape index (κ2) is 8.39. The maximum absolute atomic E-state index is 9.92. The summed E-state index contributed by atoms with van der Waals surface area (Å²) in [4.78, 5) is 22.4. The number of aromatic nitrogens is 4. The van der Waals surface area contributed by atoms with Crippen molar-refractivity contribution in [3.63, 3.8) is 0 Å². The van der Waals surface area contributed by atoms with E-state index < -0.39 is 6.72 Å². The number of nitrogens with zero attached hydrogens (tertiary/aromatic N) is 5. The summed E-state index contributed by atoms with van der Waals surface area (Å²) in [6, 6.07) is 1.91. The number of anilines is 1. The van der Waals surface area contributed by atoms with Crippen molar-refractivity contribution in [2.75, 3.05) is 18.4 Å². The first-order valence-corrected chi connectivity index (χ1v) is 10.4. The van der Waals surface area contributed by atoms with Gasteiger partial charge >= 0.3 is 6.72 Å². The Balaban J connectivity index is 1.59. The molecule has 2 aromatic rings. The summed E-state index contributed by atoms with van der Waals surface area (Å²) in [5, 5.41) is 11.0. The summed E-state index contributed by atoms with van der Waals surface area (Å²) < 4.78 is 18.1. The molecule has 2 aromatic heterocycles. The highest BCUT2D eigenvalue weighted by Gasteiger charge is 2.30. The monoisotopic (exact) mass is 394 g/mol. The van der Waals surface area contributed by atoms with E-state index in [1.165, 1.54) is 6.33 Å². The summed E-state index contributed by atoms with van der Waals surface area (Å²) in [7, 11) is 5.43. The molecule has 2 unspecified atom stereocenters. The first-order valence-electron chi connectivity index (χ1n) is 7.82. The number of hydrogen-bond donors (Lipinski definition) is 2. The zero-order valence-electron chi connectivity index (χ0n) is 13.7. The van der Waals surface area contributed by atoms with Gasteiger partial charge < -0.3 is 23.9 Å². The Hall–Kier alpha value is -1.61. The van der Waals surface area contributed by atoms with Crippen LogP contribution in [0.5, 0.6) is 0 Å². The molecule has 0 bridgehead atoms. The highest BCUT2D eigenvalue weighted by molar-refractivity contribution is 8.07. The Morgan fingerprint density at radius 3 is 3.08 bits per heavy atom. The molecular weight excluding hydrogens is 378 g/mol. The van der Waals surface area contributed by atoms with Gasteiger partial charge in [0.25, 0.3) is 0 Å². The number of rotatable bonds is 8. The van der Waals surface area contributed by atoms with Crippen molar-refractivity contribution in [3.8, 4) is 6.07 Å². The van der Waals surface area contributed by atoms with E-state index in [-0.39, 0.29) is 32.0 Å². The van der Waals surface area contributed by atoms with Crippen LogP contribution in [0, 0.1) is 11.3 Å². The van der Waals surface area contributed by atoms with Gasteiger partial charge in [-0.15, -0.1) is 0 Å². The van der Waals surface area contributed by atoms with Gasteiger partial charge in [-0.05, 0) is 24.6 Å². The van der Waals surface area contributed by atoms with Gasteiger partial charge in [0.05, 0.1) is 38.1 Å². The summed E-state index contributed by atoms with van der Waals surface area (Å²) in [6.07, 6.45) is 4.06. The fourth-order valence-corrected chi connectivity index (χ4v) is 3.76. The summed E-state index contributed by atoms with van der Waals surface area (Å²) in [6.45, 7) is -3.22. The van der Waals surface area contributed by atoms with Crippen LogP contribution in [0.1, 0.15) is 25.5 Å². The standard InChI is InChI=1S/C13H16BN6O4PS/c14-19-12-11-13(17-7-16-12)20(8-18-11)10-3-2-9(24-10)6-23-25(21,26)22-5-1-4-15/h7-10H,1-3,5-6H2,(H,21,26)(H,16,17,19)/t9?,10-,25?/m1/s1. The molecule has 10 nitrogen and oxygen atoms in total. The number of nitriles is 1. The van der Waals surface area contributed by atoms with Crippen LogP contribution >= 0.6 is 6.72 Å². The summed E-state index contributed by atoms with van der Waals surface area (Å²) >= 11 is 4.90. The van der Waals surface area contributed by atoms with Crippen LogP contribution in [-0.2, 0) is 25.6 Å². The lowest BCUT2D eigenvalue weighted by molar-refractivity contribution is -0.0189. The second-order valence-electron chi connectivity index (χ2n) is 5.49. The predicted octanol–water partition coefficient (Wildman–Crippen LogP) is 1.16. The van der Waals surface area contributed by atoms with E-state index in [9.17, 15) is 4.89 Å². The zero-order chi connectivity index (χ0) is 18.6. The van der Waals surface area contributed by atoms with Gasteiger partial charge in [-0.3, -0.25) is 4.57 Å². The van der Waals surface area contributed by atoms with E-state index in [4.69, 9.17) is 38.8 Å². The van der Waals surface area contributed by atoms with Crippen molar-refractivity contribution in [1.82, 2.24) is 19.5 Å². The molecule has 1 aliphatic rings. The van der Waals surface area contributed by atoms with E-state index in [0.29, 0.717) is 23.4 Å². The minimum Gasteiger partial charge on any atom is -0.421 e. The predicted molar refractivity (Wildman–Crippen MR) is 96.5 cm³/mol. The van der Waals surface area contributed by atoms with Gasteiger partial charge in [-0.25, -0.2) is 15.0 Å². The summed E-state index contributed by atoms with van der Waals surface area (Å²) in [5.41, 5.74) is 1.15. The lowest BCUT2D eigenvalue weighted by Gasteiger charge is -2.19. The minimum atomic E-state index is -3.36. The number of ether oxygens (including phenoxy) is 1. The molecule has 26 heavy (non-hydrogen) atoms. The van der Waals surface area contributed by atoms with Crippen LogP contribution < -0.4 is 5.23 Å². The van der Waals surface area contributed by atoms with E-state index in [2.05, 4.69) is 20.2 Å². The first kappa shape index (κ1) is 19.2. The molecule has 3 atom stereocenters. The van der Waals surface area contributed by atoms with Crippen LogP contribution in [-0.4, -0.2) is 51.7 Å². The molecule has 13 heteroatoms. The van der Waals surface area contributed by atoms with Crippen molar-refractivity contribution in [1.29, 1.82) is 5.26 Å². The maximum atomic E-state index is 9.92. The third-order valence-corrected chi connectivity index (χ3v) is 5.40. The molecule has 2 radical (unpaired) electrons. The van der Waals surface area contributed by atoms with E-state index in [1.807, 2.05) is 6.07 Å². The molecule has 136 valence electrons. The molecule has 0 aromatic carbocycles. The van der Waals surface area contributed by atoms with E-state index in [0.717, 1.165) is 6.42 Å². The van der Waals surface area contributed by atoms with Gasteiger partial charge in [0.1, 0.15) is 23.9 Å². The van der Waals surface area contributed by atoms with E-state index in [1.54, 1.807) is 10.9 Å². The van der Waals surface area contributed by atoms with Gasteiger partial charge in [0, 0.05) is 0 Å². The van der Waals surface area contributed by atoms with Gasteiger partial charge in [-0.2, -0.15) is 5.26 Å². The van der Waals surface area contributed by atoms with Crippen LogP contribution in [0.15, 0.2) is 12.7 Å². The Morgan fingerprint density at radius 2 is 2.31 bits per heavy atom. The topological polar surface area (TPSA) is 127 Å². The van der Waals surface area contributed by atoms with Crippen LogP contribution in [0.4, 0.5) is 5.82 Å². The molecule has 0 spiro atoms. The van der Waals surface area contributed by atoms with Crippen molar-refractivity contribution in [2.45, 2.75) is 31.6 Å². The average molecular weight is 394 g/mol. The first-order chi connectivity index (χ1) is 12.5. The Morgan fingerprint density at radius 1 is 1.46 bits per heavy atom. The lowest BCUT2D eigenvalue weighted by atomic mass is 10.2. The highest BCUT2D eigenvalue weighted by atomic mass is 32.5. The third-order valence-electron chi connectivity index (χ3n) is 3.78. The average Bonchev–Trinajstić information content (AvgIpc) is 3.26. The molecule has 1 aliphatic heterocycles. The number of nitrogens with one attached hydrogen (secondary N) is 1. The van der Waals surface area contributed by atoms with E-state index >= 15 is 0 Å². The number of fused-ring (bicyclic) bond motifs is 1. The SMILES string of the molecule is [B]Nc1ncnc2c1ncn2[C@H]1CCC(COP(O)(=S)OCCC#N)O1. The Bertz CT molecular complexity index is 861. The highest BCUT2D eigenvalue weighted by Crippen LogP contribution is 2.44. The number of hydrogen-bond acceptors (Lipinski definition) is 9. The molecule has 2 N–H and O–H groups in total. The maximum Gasteiger partial charge on any atom is 0.324 e. The zero-order valence-corrected chi connectivity index (χ0v) is 15.4. The molecule has 3 heterocycles. The second-order valence-corrected chi connectivity index (χ2v) is 8.32. The Kier molecular flexibility index (Phi) is 6.18. The van der Waals surface area contributed by atoms with Crippen molar-refractivity contribution < 1.29 is 18.7 Å². The molecule has 0 saturated carbocycles. The van der Waals surface area contributed by atoms with Gasteiger partial charge in [-0.1, -0.05) is 0 Å². The van der Waals surface area contributed by atoms with Crippen molar-refractivity contribution >= 4 is 43.5 Å². The van der Waals surface area contributed by atoms with Crippen molar-refractivity contribution in [2.24, 2.45) is 0 Å².